The Kier molecular flexibility index (Phi) is 13.2. The van der Waals surface area contributed by atoms with Crippen LogP contribution in [0, 0.1) is 0 Å². The van der Waals surface area contributed by atoms with Crippen molar-refractivity contribution in [2.24, 2.45) is 23.4 Å². The second-order valence-electron chi connectivity index (χ2n) is 3.27. The topological polar surface area (TPSA) is 220 Å². The first-order valence-electron chi connectivity index (χ1n) is 5.39. The number of hydrogen-bond acceptors (Lipinski definition) is 8. The number of carbonyl (C=O) groups excluding carboxylic acids is 4. The summed E-state index contributed by atoms with van der Waals surface area (Å²) in [6.07, 6.45) is 0.220. The molecule has 12 heteroatoms. The molecule has 0 bridgehead atoms. The maximum Gasteiger partial charge on any atom is 0.234 e. The molecule has 0 aromatic heterocycles. The maximum absolute atomic E-state index is 10.4. The summed E-state index contributed by atoms with van der Waals surface area (Å²) in [5, 5.41) is 0. The zero-order chi connectivity index (χ0) is 16.0. The van der Waals surface area contributed by atoms with Crippen molar-refractivity contribution < 1.29 is 19.2 Å². The zero-order valence-corrected chi connectivity index (χ0v) is 10.8. The molecule has 0 heterocycles. The SMILES string of the molecule is NNC(=O)CCC(=O)NN.NNC(=O)CCC(=O)NN. The Labute approximate surface area is 114 Å². The highest BCUT2D eigenvalue weighted by atomic mass is 16.2. The number of hydrogen-bond donors (Lipinski definition) is 8. The van der Waals surface area contributed by atoms with Crippen molar-refractivity contribution in [2.75, 3.05) is 0 Å². The van der Waals surface area contributed by atoms with E-state index in [4.69, 9.17) is 23.4 Å². The summed E-state index contributed by atoms with van der Waals surface area (Å²) in [4.78, 5) is 41.5. The van der Waals surface area contributed by atoms with E-state index >= 15 is 0 Å². The summed E-state index contributed by atoms with van der Waals surface area (Å²) >= 11 is 0. The fourth-order valence-corrected chi connectivity index (χ4v) is 0.743. The molecule has 0 atom stereocenters. The van der Waals surface area contributed by atoms with Gasteiger partial charge >= 0.3 is 0 Å². The first kappa shape index (κ1) is 20.0. The summed E-state index contributed by atoms with van der Waals surface area (Å²) in [6, 6.07) is 0. The van der Waals surface area contributed by atoms with Gasteiger partial charge in [0.25, 0.3) is 0 Å². The van der Waals surface area contributed by atoms with Gasteiger partial charge in [0.1, 0.15) is 0 Å². The second kappa shape index (κ2) is 13.2. The summed E-state index contributed by atoms with van der Waals surface area (Å²) in [5.74, 6) is 17.4. The van der Waals surface area contributed by atoms with Crippen molar-refractivity contribution in [1.29, 1.82) is 0 Å². The van der Waals surface area contributed by atoms with Crippen LogP contribution in [0.25, 0.3) is 0 Å². The third-order valence-electron chi connectivity index (χ3n) is 1.80. The minimum atomic E-state index is -0.386. The average molecular weight is 292 g/mol. The van der Waals surface area contributed by atoms with Gasteiger partial charge in [0.2, 0.25) is 23.6 Å². The predicted molar refractivity (Wildman–Crippen MR) is 67.8 cm³/mol. The molecule has 116 valence electrons. The van der Waals surface area contributed by atoms with Crippen LogP contribution in [0.1, 0.15) is 25.7 Å². The molecule has 0 aliphatic carbocycles. The van der Waals surface area contributed by atoms with Gasteiger partial charge in [0.05, 0.1) is 0 Å². The van der Waals surface area contributed by atoms with E-state index in [1.165, 1.54) is 0 Å². The molecule has 0 fully saturated rings. The number of carbonyl (C=O) groups is 4. The standard InChI is InChI=1S/2C4H10N4O2/c2*5-7-3(9)1-2-4(10)8-6/h2*1-2,5-6H2,(H,7,9)(H,8,10). The van der Waals surface area contributed by atoms with Crippen LogP contribution in [0.4, 0.5) is 0 Å². The van der Waals surface area contributed by atoms with Crippen molar-refractivity contribution in [3.8, 4) is 0 Å². The van der Waals surface area contributed by atoms with Crippen LogP contribution in [0.15, 0.2) is 0 Å². The normalized spacial score (nSPS) is 8.60. The molecule has 0 aromatic rings. The maximum atomic E-state index is 10.4. The lowest BCUT2D eigenvalue weighted by Gasteiger charge is -1.97. The fourth-order valence-electron chi connectivity index (χ4n) is 0.743. The van der Waals surface area contributed by atoms with Gasteiger partial charge in [0.15, 0.2) is 0 Å². The summed E-state index contributed by atoms with van der Waals surface area (Å²) in [6.45, 7) is 0. The average Bonchev–Trinajstić information content (AvgIpc) is 2.49. The number of nitrogens with two attached hydrogens (primary N) is 4. The lowest BCUT2D eigenvalue weighted by molar-refractivity contribution is -0.126. The Morgan fingerprint density at radius 3 is 0.750 bits per heavy atom. The molecule has 4 amide bonds. The van der Waals surface area contributed by atoms with E-state index in [-0.39, 0.29) is 49.3 Å². The highest BCUT2D eigenvalue weighted by molar-refractivity contribution is 5.83. The molecule has 0 unspecified atom stereocenters. The van der Waals surface area contributed by atoms with Crippen LogP contribution in [-0.4, -0.2) is 23.6 Å². The van der Waals surface area contributed by atoms with Crippen molar-refractivity contribution in [2.45, 2.75) is 25.7 Å². The van der Waals surface area contributed by atoms with Gasteiger partial charge in [-0.05, 0) is 0 Å². The number of hydrazine groups is 4. The van der Waals surface area contributed by atoms with E-state index < -0.39 is 0 Å². The summed E-state index contributed by atoms with van der Waals surface area (Å²) in [7, 11) is 0. The highest BCUT2D eigenvalue weighted by Crippen LogP contribution is 1.86. The second-order valence-corrected chi connectivity index (χ2v) is 3.27. The van der Waals surface area contributed by atoms with E-state index in [2.05, 4.69) is 0 Å². The van der Waals surface area contributed by atoms with Crippen molar-refractivity contribution in [3.05, 3.63) is 0 Å². The molecule has 0 rings (SSSR count). The predicted octanol–water partition coefficient (Wildman–Crippen LogP) is -4.51. The van der Waals surface area contributed by atoms with Crippen molar-refractivity contribution >= 4 is 23.6 Å². The van der Waals surface area contributed by atoms with Gasteiger partial charge in [-0.1, -0.05) is 0 Å². The number of amides is 4. The molecule has 0 saturated heterocycles. The lowest BCUT2D eigenvalue weighted by Crippen LogP contribution is -2.34. The fraction of sp³-hybridized carbons (Fsp3) is 0.500. The Balaban J connectivity index is 0. The largest absolute Gasteiger partial charge is 0.294 e. The first-order valence-corrected chi connectivity index (χ1v) is 5.39. The Morgan fingerprint density at radius 1 is 0.500 bits per heavy atom. The molecule has 0 saturated carbocycles. The number of rotatable bonds is 6. The van der Waals surface area contributed by atoms with E-state index in [9.17, 15) is 19.2 Å². The van der Waals surface area contributed by atoms with E-state index in [0.717, 1.165) is 0 Å². The third-order valence-corrected chi connectivity index (χ3v) is 1.80. The quantitative estimate of drug-likeness (QED) is 0.135. The molecule has 0 aromatic carbocycles. The smallest absolute Gasteiger partial charge is 0.234 e. The van der Waals surface area contributed by atoms with Gasteiger partial charge in [-0.15, -0.1) is 0 Å². The van der Waals surface area contributed by atoms with Crippen LogP contribution in [0.5, 0.6) is 0 Å². The molecular weight excluding hydrogens is 272 g/mol. The van der Waals surface area contributed by atoms with Gasteiger partial charge in [0, 0.05) is 25.7 Å². The molecule has 0 spiro atoms. The summed E-state index contributed by atoms with van der Waals surface area (Å²) < 4.78 is 0. The Bertz CT molecular complexity index is 270. The summed E-state index contributed by atoms with van der Waals surface area (Å²) in [5.41, 5.74) is 7.54. The zero-order valence-electron chi connectivity index (χ0n) is 10.8. The lowest BCUT2D eigenvalue weighted by atomic mass is 10.3. The van der Waals surface area contributed by atoms with Crippen LogP contribution in [0.3, 0.4) is 0 Å². The van der Waals surface area contributed by atoms with Crippen molar-refractivity contribution in [1.82, 2.24) is 21.7 Å². The third kappa shape index (κ3) is 13.8. The van der Waals surface area contributed by atoms with Crippen LogP contribution in [0.2, 0.25) is 0 Å². The van der Waals surface area contributed by atoms with Crippen LogP contribution < -0.4 is 45.1 Å². The van der Waals surface area contributed by atoms with Gasteiger partial charge in [-0.2, -0.15) is 0 Å². The van der Waals surface area contributed by atoms with Crippen molar-refractivity contribution in [3.63, 3.8) is 0 Å². The van der Waals surface area contributed by atoms with Crippen LogP contribution >= 0.6 is 0 Å². The Morgan fingerprint density at radius 2 is 0.650 bits per heavy atom. The molecular formula is C8H20N8O4. The minimum Gasteiger partial charge on any atom is -0.294 e. The molecule has 12 N–H and O–H groups in total. The first-order chi connectivity index (χ1) is 9.40. The number of nitrogens with one attached hydrogen (secondary N) is 4. The highest BCUT2D eigenvalue weighted by Gasteiger charge is 2.03. The van der Waals surface area contributed by atoms with Crippen LogP contribution in [-0.2, 0) is 19.2 Å². The molecule has 20 heavy (non-hydrogen) atoms. The molecule has 0 radical (unpaired) electrons. The minimum absolute atomic E-state index is 0.0551. The van der Waals surface area contributed by atoms with E-state index in [1.54, 1.807) is 0 Å². The van der Waals surface area contributed by atoms with Gasteiger partial charge in [-0.3, -0.25) is 40.9 Å². The molecule has 0 aliphatic heterocycles. The van der Waals surface area contributed by atoms with E-state index in [1.807, 2.05) is 21.7 Å². The van der Waals surface area contributed by atoms with E-state index in [0.29, 0.717) is 0 Å². The monoisotopic (exact) mass is 292 g/mol. The van der Waals surface area contributed by atoms with Gasteiger partial charge < -0.3 is 0 Å². The molecule has 0 aliphatic rings. The van der Waals surface area contributed by atoms with Gasteiger partial charge in [-0.25, -0.2) is 23.4 Å². The molecule has 12 nitrogen and oxygen atoms in total. The Hall–Kier alpha value is -2.28.